The van der Waals surface area contributed by atoms with Crippen molar-refractivity contribution < 1.29 is 0 Å². The molecule has 0 atom stereocenters. The molecule has 0 aliphatic carbocycles. The van der Waals surface area contributed by atoms with Gasteiger partial charge < -0.3 is 4.90 Å². The van der Waals surface area contributed by atoms with Gasteiger partial charge in [-0.3, -0.25) is 5.10 Å². The molecule has 0 saturated heterocycles. The van der Waals surface area contributed by atoms with Crippen molar-refractivity contribution in [1.82, 2.24) is 10.2 Å². The maximum atomic E-state index is 4.57. The molecule has 0 radical (unpaired) electrons. The molecule has 0 bridgehead atoms. The smallest absolute Gasteiger partial charge is 0.0650 e. The molecule has 0 spiro atoms. The van der Waals surface area contributed by atoms with E-state index in [2.05, 4.69) is 105 Å². The second-order valence-electron chi connectivity index (χ2n) is 9.26. The highest BCUT2D eigenvalue weighted by Crippen LogP contribution is 2.36. The van der Waals surface area contributed by atoms with E-state index in [0.29, 0.717) is 0 Å². The molecule has 1 heterocycles. The molecule has 0 fully saturated rings. The third-order valence-electron chi connectivity index (χ3n) is 6.83. The van der Waals surface area contributed by atoms with Crippen molar-refractivity contribution in [2.75, 3.05) is 11.4 Å². The summed E-state index contributed by atoms with van der Waals surface area (Å²) in [4.78, 5) is 2.32. The van der Waals surface area contributed by atoms with Crippen LogP contribution in [0.4, 0.5) is 5.69 Å². The minimum atomic E-state index is 0.278. The molecule has 1 N–H and O–H groups in total. The van der Waals surface area contributed by atoms with Gasteiger partial charge in [-0.05, 0) is 55.0 Å². The van der Waals surface area contributed by atoms with Gasteiger partial charge in [0.2, 0.25) is 0 Å². The van der Waals surface area contributed by atoms with Crippen molar-refractivity contribution >= 4 is 11.4 Å². The second kappa shape index (κ2) is 10.0. The molecule has 168 valence electrons. The van der Waals surface area contributed by atoms with Gasteiger partial charge in [-0.25, -0.2) is 0 Å². The third kappa shape index (κ3) is 5.21. The number of aromatic amines is 1. The van der Waals surface area contributed by atoms with Crippen LogP contribution >= 0.6 is 0 Å². The number of rotatable bonds is 10. The number of hydrogen-bond acceptors (Lipinski definition) is 2. The van der Waals surface area contributed by atoms with Gasteiger partial charge in [0.15, 0.2) is 0 Å². The molecule has 3 heteroatoms. The first-order valence-electron chi connectivity index (χ1n) is 11.6. The highest BCUT2D eigenvalue weighted by molar-refractivity contribution is 5.82. The molecule has 3 rings (SSSR count). The van der Waals surface area contributed by atoms with Crippen LogP contribution < -0.4 is 4.90 Å². The Hall–Kier alpha value is -3.07. The Labute approximate surface area is 193 Å². The summed E-state index contributed by atoms with van der Waals surface area (Å²) < 4.78 is 0. The number of benzene rings is 2. The fraction of sp³-hybridized carbons (Fsp3) is 0.345. The van der Waals surface area contributed by atoms with Crippen LogP contribution in [0.15, 0.2) is 73.5 Å². The van der Waals surface area contributed by atoms with Gasteiger partial charge in [0, 0.05) is 35.3 Å². The summed E-state index contributed by atoms with van der Waals surface area (Å²) in [6.45, 7) is 21.0. The first-order valence-corrected chi connectivity index (χ1v) is 11.6. The summed E-state index contributed by atoms with van der Waals surface area (Å²) >= 11 is 0. The van der Waals surface area contributed by atoms with Gasteiger partial charge in [-0.1, -0.05) is 82.7 Å². The van der Waals surface area contributed by atoms with E-state index in [1.54, 1.807) is 6.20 Å². The summed E-state index contributed by atoms with van der Waals surface area (Å²) in [6.07, 6.45) is 5.09. The molecule has 3 nitrogen and oxygen atoms in total. The average Bonchev–Trinajstić information content (AvgIpc) is 3.32. The molecule has 1 aromatic heterocycles. The van der Waals surface area contributed by atoms with Crippen LogP contribution in [0.1, 0.15) is 56.7 Å². The Balaban J connectivity index is 2.01. The molecule has 0 aliphatic heterocycles. The summed E-state index contributed by atoms with van der Waals surface area (Å²) in [5.41, 5.74) is 9.44. The Kier molecular flexibility index (Phi) is 7.40. The first-order chi connectivity index (χ1) is 15.3. The molecule has 0 unspecified atom stereocenters. The monoisotopic (exact) mass is 427 g/mol. The lowest BCUT2D eigenvalue weighted by molar-refractivity contribution is 0.294. The Morgan fingerprint density at radius 3 is 2.25 bits per heavy atom. The second-order valence-corrected chi connectivity index (χ2v) is 9.26. The van der Waals surface area contributed by atoms with Crippen molar-refractivity contribution in [3.8, 4) is 11.3 Å². The predicted molar refractivity (Wildman–Crippen MR) is 139 cm³/mol. The van der Waals surface area contributed by atoms with Crippen LogP contribution in [0.2, 0.25) is 0 Å². The van der Waals surface area contributed by atoms with Crippen molar-refractivity contribution in [3.05, 3.63) is 90.1 Å². The lowest BCUT2D eigenvalue weighted by atomic mass is 9.79. The number of nitrogens with zero attached hydrogens (tertiary/aromatic N) is 2. The van der Waals surface area contributed by atoms with Crippen LogP contribution in [0.5, 0.6) is 0 Å². The SMILES string of the molecule is C=C(CN(C(=C)c1c(C)cccc1C)c1cccc(-c2ccn[nH]2)c1)CC(C)(CC)CC. The number of H-pyrrole nitrogens is 1. The minimum Gasteiger partial charge on any atom is -0.337 e. The normalized spacial score (nSPS) is 11.4. The zero-order valence-electron chi connectivity index (χ0n) is 20.3. The molecule has 32 heavy (non-hydrogen) atoms. The highest BCUT2D eigenvalue weighted by atomic mass is 15.1. The van der Waals surface area contributed by atoms with Crippen LogP contribution in [0.3, 0.4) is 0 Å². The van der Waals surface area contributed by atoms with Gasteiger partial charge in [0.05, 0.1) is 5.69 Å². The van der Waals surface area contributed by atoms with Gasteiger partial charge >= 0.3 is 0 Å². The summed E-state index contributed by atoms with van der Waals surface area (Å²) in [6, 6.07) is 17.0. The van der Waals surface area contributed by atoms with Crippen molar-refractivity contribution in [1.29, 1.82) is 0 Å². The number of nitrogens with one attached hydrogen (secondary N) is 1. The molecular formula is C29H37N3. The maximum Gasteiger partial charge on any atom is 0.0650 e. The van der Waals surface area contributed by atoms with Crippen molar-refractivity contribution in [2.45, 2.75) is 53.9 Å². The fourth-order valence-corrected chi connectivity index (χ4v) is 4.39. The van der Waals surface area contributed by atoms with Crippen LogP contribution in [-0.2, 0) is 0 Å². The van der Waals surface area contributed by atoms with Crippen LogP contribution in [0, 0.1) is 19.3 Å². The molecule has 0 amide bonds. The number of aryl methyl sites for hydroxylation is 2. The average molecular weight is 428 g/mol. The largest absolute Gasteiger partial charge is 0.337 e. The maximum absolute atomic E-state index is 4.57. The number of hydrogen-bond donors (Lipinski definition) is 1. The number of aromatic nitrogens is 2. The van der Waals surface area contributed by atoms with E-state index in [1.165, 1.54) is 22.3 Å². The van der Waals surface area contributed by atoms with E-state index in [9.17, 15) is 0 Å². The van der Waals surface area contributed by atoms with Crippen LogP contribution in [-0.4, -0.2) is 16.7 Å². The molecule has 0 aliphatic rings. The fourth-order valence-electron chi connectivity index (χ4n) is 4.39. The van der Waals surface area contributed by atoms with E-state index in [-0.39, 0.29) is 5.41 Å². The summed E-state index contributed by atoms with van der Waals surface area (Å²) in [5, 5.41) is 7.19. The predicted octanol–water partition coefficient (Wildman–Crippen LogP) is 7.94. The molecule has 0 saturated carbocycles. The first kappa shape index (κ1) is 23.6. The van der Waals surface area contributed by atoms with Gasteiger partial charge in [0.25, 0.3) is 0 Å². The Morgan fingerprint density at radius 1 is 1.00 bits per heavy atom. The summed E-state index contributed by atoms with van der Waals surface area (Å²) in [7, 11) is 0. The molecular weight excluding hydrogens is 390 g/mol. The van der Waals surface area contributed by atoms with E-state index in [4.69, 9.17) is 0 Å². The van der Waals surface area contributed by atoms with Crippen LogP contribution in [0.25, 0.3) is 17.0 Å². The topological polar surface area (TPSA) is 31.9 Å². The molecule has 3 aromatic rings. The van der Waals surface area contributed by atoms with E-state index in [0.717, 1.165) is 48.4 Å². The van der Waals surface area contributed by atoms with E-state index in [1.807, 2.05) is 6.07 Å². The quantitative estimate of drug-likeness (QED) is 0.333. The number of anilines is 1. The summed E-state index contributed by atoms with van der Waals surface area (Å²) in [5.74, 6) is 0. The zero-order valence-corrected chi connectivity index (χ0v) is 20.3. The van der Waals surface area contributed by atoms with Crippen molar-refractivity contribution in [3.63, 3.8) is 0 Å². The standard InChI is InChI=1S/C29H37N3/c1-8-29(7,9-2)19-21(3)20-32(24(6)28-22(4)12-10-13-23(28)5)26-15-11-14-25(18-26)27-16-17-30-31-27/h10-18H,3,6,8-9,19-20H2,1-2,4-5,7H3,(H,30,31). The Morgan fingerprint density at radius 2 is 1.66 bits per heavy atom. The molecule has 2 aromatic carbocycles. The lowest BCUT2D eigenvalue weighted by Crippen LogP contribution is -2.26. The van der Waals surface area contributed by atoms with E-state index >= 15 is 0 Å². The van der Waals surface area contributed by atoms with Gasteiger partial charge in [-0.2, -0.15) is 5.10 Å². The highest BCUT2D eigenvalue weighted by Gasteiger charge is 2.23. The van der Waals surface area contributed by atoms with Gasteiger partial charge in [-0.15, -0.1) is 0 Å². The Bertz CT molecular complexity index is 1050. The lowest BCUT2D eigenvalue weighted by Gasteiger charge is -2.33. The minimum absolute atomic E-state index is 0.278. The van der Waals surface area contributed by atoms with Gasteiger partial charge in [0.1, 0.15) is 0 Å². The van der Waals surface area contributed by atoms with E-state index < -0.39 is 0 Å². The van der Waals surface area contributed by atoms with Crippen molar-refractivity contribution in [2.24, 2.45) is 5.41 Å². The third-order valence-corrected chi connectivity index (χ3v) is 6.83. The zero-order chi connectivity index (χ0) is 23.3.